The van der Waals surface area contributed by atoms with Gasteiger partial charge in [-0.2, -0.15) is 0 Å². The molecule has 0 fully saturated rings. The molecule has 2 aromatic rings. The van der Waals surface area contributed by atoms with Crippen LogP contribution in [0.15, 0.2) is 48.5 Å². The lowest BCUT2D eigenvalue weighted by Gasteiger charge is -2.14. The lowest BCUT2D eigenvalue weighted by atomic mass is 10.0. The van der Waals surface area contributed by atoms with Gasteiger partial charge in [-0.05, 0) is 44.0 Å². The Morgan fingerprint density at radius 2 is 1.75 bits per heavy atom. The van der Waals surface area contributed by atoms with Crippen LogP contribution in [0.3, 0.4) is 0 Å². The van der Waals surface area contributed by atoms with Crippen molar-refractivity contribution in [1.29, 1.82) is 0 Å². The molecule has 0 aromatic heterocycles. The summed E-state index contributed by atoms with van der Waals surface area (Å²) >= 11 is 0. The third-order valence-corrected chi connectivity index (χ3v) is 3.16. The van der Waals surface area contributed by atoms with Crippen LogP contribution in [0.5, 0.6) is 5.75 Å². The second-order valence-corrected chi connectivity index (χ2v) is 5.44. The zero-order chi connectivity index (χ0) is 14.5. The molecule has 20 heavy (non-hydrogen) atoms. The summed E-state index contributed by atoms with van der Waals surface area (Å²) in [6.07, 6.45) is 0.249. The molecule has 106 valence electrons. The first-order valence-corrected chi connectivity index (χ1v) is 7.05. The van der Waals surface area contributed by atoms with Crippen LogP contribution in [0.2, 0.25) is 0 Å². The molecule has 1 atom stereocenters. The maximum Gasteiger partial charge on any atom is 0.120 e. The Kier molecular flexibility index (Phi) is 4.80. The lowest BCUT2D eigenvalue weighted by Crippen LogP contribution is -2.07. The highest BCUT2D eigenvalue weighted by Crippen LogP contribution is 2.23. The maximum atomic E-state index is 10.3. The fourth-order valence-corrected chi connectivity index (χ4v) is 2.13. The third-order valence-electron chi connectivity index (χ3n) is 3.16. The van der Waals surface area contributed by atoms with Crippen molar-refractivity contribution < 1.29 is 9.84 Å². The molecule has 1 unspecified atom stereocenters. The van der Waals surface area contributed by atoms with Crippen molar-refractivity contribution in [3.63, 3.8) is 0 Å². The van der Waals surface area contributed by atoms with Crippen LogP contribution in [0.25, 0.3) is 0 Å². The number of benzene rings is 2. The van der Waals surface area contributed by atoms with E-state index >= 15 is 0 Å². The van der Waals surface area contributed by atoms with Crippen molar-refractivity contribution in [3.05, 3.63) is 65.2 Å². The van der Waals surface area contributed by atoms with E-state index in [1.807, 2.05) is 38.1 Å². The second-order valence-electron chi connectivity index (χ2n) is 5.44. The third kappa shape index (κ3) is 4.10. The van der Waals surface area contributed by atoms with Gasteiger partial charge in [0.15, 0.2) is 0 Å². The summed E-state index contributed by atoms with van der Waals surface area (Å²) in [7, 11) is 0. The van der Waals surface area contributed by atoms with Gasteiger partial charge in [0.2, 0.25) is 0 Å². The van der Waals surface area contributed by atoms with Crippen LogP contribution in [-0.2, 0) is 6.42 Å². The maximum absolute atomic E-state index is 10.3. The number of rotatable bonds is 5. The van der Waals surface area contributed by atoms with Gasteiger partial charge in [0.1, 0.15) is 5.75 Å². The molecule has 0 aliphatic rings. The molecule has 0 radical (unpaired) electrons. The van der Waals surface area contributed by atoms with Gasteiger partial charge in [-0.15, -0.1) is 0 Å². The Balaban J connectivity index is 2.08. The molecule has 0 bridgehead atoms. The molecule has 0 aliphatic carbocycles. The minimum absolute atomic E-state index is 0.138. The molecule has 1 N–H and O–H groups in total. The molecular weight excluding hydrogens is 248 g/mol. The van der Waals surface area contributed by atoms with E-state index in [2.05, 4.69) is 31.2 Å². The quantitative estimate of drug-likeness (QED) is 0.888. The largest absolute Gasteiger partial charge is 0.491 e. The Labute approximate surface area is 121 Å². The smallest absolute Gasteiger partial charge is 0.120 e. The predicted molar refractivity (Wildman–Crippen MR) is 82.0 cm³/mol. The molecule has 2 nitrogen and oxygen atoms in total. The fourth-order valence-electron chi connectivity index (χ4n) is 2.13. The topological polar surface area (TPSA) is 29.5 Å². The van der Waals surface area contributed by atoms with Gasteiger partial charge in [-0.25, -0.2) is 0 Å². The summed E-state index contributed by atoms with van der Waals surface area (Å²) in [6.45, 7) is 6.05. The zero-order valence-corrected chi connectivity index (χ0v) is 12.3. The first-order chi connectivity index (χ1) is 9.54. The van der Waals surface area contributed by atoms with Gasteiger partial charge in [0.05, 0.1) is 12.2 Å². The number of hydrogen-bond acceptors (Lipinski definition) is 2. The highest BCUT2D eigenvalue weighted by molar-refractivity contribution is 5.31. The van der Waals surface area contributed by atoms with Gasteiger partial charge in [-0.3, -0.25) is 0 Å². The summed E-state index contributed by atoms with van der Waals surface area (Å²) in [5.41, 5.74) is 3.26. The number of ether oxygens (including phenoxy) is 1. The van der Waals surface area contributed by atoms with Crippen LogP contribution in [-0.4, -0.2) is 11.2 Å². The van der Waals surface area contributed by atoms with Crippen LogP contribution in [0.1, 0.15) is 36.6 Å². The summed E-state index contributed by atoms with van der Waals surface area (Å²) in [5, 5.41) is 10.3. The SMILES string of the molecule is Cc1ccc(CC(O)c2cccc(OC(C)C)c2)cc1. The van der Waals surface area contributed by atoms with E-state index in [9.17, 15) is 5.11 Å². The zero-order valence-electron chi connectivity index (χ0n) is 12.3. The Hall–Kier alpha value is -1.80. The summed E-state index contributed by atoms with van der Waals surface area (Å²) in [4.78, 5) is 0. The molecule has 0 amide bonds. The van der Waals surface area contributed by atoms with Crippen molar-refractivity contribution in [2.24, 2.45) is 0 Å². The van der Waals surface area contributed by atoms with E-state index in [4.69, 9.17) is 4.74 Å². The number of aryl methyl sites for hydroxylation is 1. The van der Waals surface area contributed by atoms with Crippen molar-refractivity contribution in [2.45, 2.75) is 39.4 Å². The van der Waals surface area contributed by atoms with Gasteiger partial charge in [0, 0.05) is 6.42 Å². The van der Waals surface area contributed by atoms with Crippen LogP contribution in [0, 0.1) is 6.92 Å². The van der Waals surface area contributed by atoms with E-state index in [0.717, 1.165) is 16.9 Å². The highest BCUT2D eigenvalue weighted by Gasteiger charge is 2.10. The van der Waals surface area contributed by atoms with E-state index in [1.165, 1.54) is 5.56 Å². The van der Waals surface area contributed by atoms with Gasteiger partial charge in [0.25, 0.3) is 0 Å². The van der Waals surface area contributed by atoms with Crippen LogP contribution >= 0.6 is 0 Å². The van der Waals surface area contributed by atoms with Crippen molar-refractivity contribution in [3.8, 4) is 5.75 Å². The van der Waals surface area contributed by atoms with Gasteiger partial charge >= 0.3 is 0 Å². The van der Waals surface area contributed by atoms with Crippen molar-refractivity contribution in [1.82, 2.24) is 0 Å². The van der Waals surface area contributed by atoms with E-state index < -0.39 is 6.10 Å². The summed E-state index contributed by atoms with van der Waals surface area (Å²) in [5.74, 6) is 0.806. The fraction of sp³-hybridized carbons (Fsp3) is 0.333. The minimum atomic E-state index is -0.506. The standard InChI is InChI=1S/C18H22O2/c1-13(2)20-17-6-4-5-16(12-17)18(19)11-15-9-7-14(3)8-10-15/h4-10,12-13,18-19H,11H2,1-3H3. The highest BCUT2D eigenvalue weighted by atomic mass is 16.5. The average molecular weight is 270 g/mol. The molecule has 0 aliphatic heterocycles. The minimum Gasteiger partial charge on any atom is -0.491 e. The monoisotopic (exact) mass is 270 g/mol. The molecule has 2 heteroatoms. The number of hydrogen-bond donors (Lipinski definition) is 1. The Morgan fingerprint density at radius 3 is 2.40 bits per heavy atom. The number of aliphatic hydroxyl groups is 1. The van der Waals surface area contributed by atoms with E-state index in [-0.39, 0.29) is 6.10 Å². The number of aliphatic hydroxyl groups excluding tert-OH is 1. The first-order valence-electron chi connectivity index (χ1n) is 7.05. The first kappa shape index (κ1) is 14.6. The normalized spacial score (nSPS) is 12.4. The van der Waals surface area contributed by atoms with E-state index in [0.29, 0.717) is 6.42 Å². The predicted octanol–water partition coefficient (Wildman–Crippen LogP) is 4.06. The molecule has 0 saturated carbocycles. The van der Waals surface area contributed by atoms with Gasteiger partial charge in [-0.1, -0.05) is 42.0 Å². The molecular formula is C18H22O2. The van der Waals surface area contributed by atoms with Crippen LogP contribution < -0.4 is 4.74 Å². The molecule has 2 aromatic carbocycles. The molecule has 2 rings (SSSR count). The van der Waals surface area contributed by atoms with E-state index in [1.54, 1.807) is 0 Å². The summed E-state index contributed by atoms with van der Waals surface area (Å²) in [6, 6.07) is 16.0. The molecule has 0 heterocycles. The summed E-state index contributed by atoms with van der Waals surface area (Å²) < 4.78 is 5.66. The lowest BCUT2D eigenvalue weighted by molar-refractivity contribution is 0.177. The Morgan fingerprint density at radius 1 is 1.05 bits per heavy atom. The Bertz CT molecular complexity index is 544. The van der Waals surface area contributed by atoms with Crippen LogP contribution in [0.4, 0.5) is 0 Å². The second kappa shape index (κ2) is 6.58. The molecule has 0 saturated heterocycles. The van der Waals surface area contributed by atoms with Gasteiger partial charge < -0.3 is 9.84 Å². The molecule has 0 spiro atoms. The van der Waals surface area contributed by atoms with Crippen molar-refractivity contribution in [2.75, 3.05) is 0 Å². The van der Waals surface area contributed by atoms with Crippen molar-refractivity contribution >= 4 is 0 Å². The average Bonchev–Trinajstić information content (AvgIpc) is 2.41.